The van der Waals surface area contributed by atoms with Crippen molar-refractivity contribution < 1.29 is 28.3 Å². The molecule has 2 aromatic rings. The fraction of sp³-hybridized carbons (Fsp3) is 0.684. The van der Waals surface area contributed by atoms with Crippen LogP contribution in [0.15, 0.2) is 6.20 Å². The number of carbonyl (C=O) groups excluding carboxylic acids is 1. The summed E-state index contributed by atoms with van der Waals surface area (Å²) < 4.78 is 31.1. The van der Waals surface area contributed by atoms with Crippen molar-refractivity contribution in [3.05, 3.63) is 11.9 Å². The third kappa shape index (κ3) is 7.24. The van der Waals surface area contributed by atoms with Crippen LogP contribution in [0.4, 0.5) is 5.95 Å². The van der Waals surface area contributed by atoms with E-state index in [-0.39, 0.29) is 54.0 Å². The van der Waals surface area contributed by atoms with Gasteiger partial charge in [0.1, 0.15) is 6.35 Å². The van der Waals surface area contributed by atoms with Crippen molar-refractivity contribution in [3.8, 4) is 5.88 Å². The van der Waals surface area contributed by atoms with Crippen LogP contribution < -0.4 is 5.32 Å². The average Bonchev–Trinajstić information content (AvgIpc) is 3.02. The molecular formula is C19H32N5O6P. The molecule has 0 spiro atoms. The Bertz CT molecular complexity index is 931. The van der Waals surface area contributed by atoms with Gasteiger partial charge in [-0.1, -0.05) is 13.8 Å². The Morgan fingerprint density at radius 1 is 1.16 bits per heavy atom. The highest BCUT2D eigenvalue weighted by Crippen LogP contribution is 2.50. The first-order valence-corrected chi connectivity index (χ1v) is 11.9. The molecule has 0 saturated carbocycles. The first-order chi connectivity index (χ1) is 14.4. The van der Waals surface area contributed by atoms with Gasteiger partial charge in [0.15, 0.2) is 0 Å². The highest BCUT2D eigenvalue weighted by Gasteiger charge is 2.29. The van der Waals surface area contributed by atoms with E-state index < -0.39 is 7.60 Å². The molecule has 1 unspecified atom stereocenters. The molecule has 12 heteroatoms. The number of amides is 1. The maximum absolute atomic E-state index is 12.9. The summed E-state index contributed by atoms with van der Waals surface area (Å²) >= 11 is 0. The van der Waals surface area contributed by atoms with Crippen molar-refractivity contribution in [1.82, 2.24) is 19.6 Å². The number of rotatable bonds is 11. The van der Waals surface area contributed by atoms with Gasteiger partial charge in [-0.15, -0.1) is 5.10 Å². The summed E-state index contributed by atoms with van der Waals surface area (Å²) in [5, 5.41) is 16.9. The number of fused-ring (bicyclic) bond motifs is 1. The van der Waals surface area contributed by atoms with Gasteiger partial charge in [0.25, 0.3) is 11.8 Å². The summed E-state index contributed by atoms with van der Waals surface area (Å²) in [5.41, 5.74) is 0.770. The zero-order chi connectivity index (χ0) is 23.3. The second-order valence-electron chi connectivity index (χ2n) is 8.12. The topological polar surface area (TPSA) is 137 Å². The zero-order valence-corrected chi connectivity index (χ0v) is 19.9. The molecule has 0 saturated heterocycles. The van der Waals surface area contributed by atoms with E-state index in [1.165, 1.54) is 10.7 Å². The van der Waals surface area contributed by atoms with Gasteiger partial charge in [-0.25, -0.2) is 9.50 Å². The van der Waals surface area contributed by atoms with Crippen LogP contribution in [0, 0.1) is 5.92 Å². The van der Waals surface area contributed by atoms with Crippen molar-refractivity contribution in [1.29, 1.82) is 0 Å². The van der Waals surface area contributed by atoms with E-state index in [2.05, 4.69) is 20.4 Å². The molecule has 0 fully saturated rings. The van der Waals surface area contributed by atoms with Crippen LogP contribution in [0.3, 0.4) is 0 Å². The Labute approximate surface area is 182 Å². The van der Waals surface area contributed by atoms with E-state index in [0.717, 1.165) is 0 Å². The normalized spacial score (nSPS) is 13.5. The fourth-order valence-corrected chi connectivity index (χ4v) is 4.55. The molecule has 2 rings (SSSR count). The van der Waals surface area contributed by atoms with Gasteiger partial charge >= 0.3 is 7.60 Å². The maximum Gasteiger partial charge on any atom is 0.356 e. The SMILES string of the molecule is CC(C)OP(=O)(COC(C)Cc1cnc2c(O)nc(NC(=O)C(C)C)nn12)OC(C)C. The Morgan fingerprint density at radius 2 is 1.77 bits per heavy atom. The molecule has 2 aromatic heterocycles. The monoisotopic (exact) mass is 457 g/mol. The van der Waals surface area contributed by atoms with Crippen molar-refractivity contribution in [3.63, 3.8) is 0 Å². The van der Waals surface area contributed by atoms with Crippen LogP contribution in [0.1, 0.15) is 54.2 Å². The lowest BCUT2D eigenvalue weighted by Gasteiger charge is -2.24. The molecule has 0 aromatic carbocycles. The minimum atomic E-state index is -3.42. The third-order valence-corrected chi connectivity index (χ3v) is 5.88. The first kappa shape index (κ1) is 25.2. The van der Waals surface area contributed by atoms with E-state index in [4.69, 9.17) is 13.8 Å². The van der Waals surface area contributed by atoms with Crippen LogP contribution in [-0.4, -0.2) is 55.3 Å². The predicted molar refractivity (Wildman–Crippen MR) is 115 cm³/mol. The molecule has 1 amide bonds. The van der Waals surface area contributed by atoms with E-state index in [9.17, 15) is 14.5 Å². The maximum atomic E-state index is 12.9. The summed E-state index contributed by atoms with van der Waals surface area (Å²) in [5.74, 6) is -0.928. The minimum Gasteiger partial charge on any atom is -0.491 e. The fourth-order valence-electron chi connectivity index (χ4n) is 2.66. The van der Waals surface area contributed by atoms with Crippen LogP contribution in [-0.2, 0) is 29.6 Å². The lowest BCUT2D eigenvalue weighted by molar-refractivity contribution is -0.118. The van der Waals surface area contributed by atoms with E-state index in [1.807, 2.05) is 0 Å². The quantitative estimate of drug-likeness (QED) is 0.486. The zero-order valence-electron chi connectivity index (χ0n) is 19.0. The highest BCUT2D eigenvalue weighted by molar-refractivity contribution is 7.53. The molecule has 0 bridgehead atoms. The smallest absolute Gasteiger partial charge is 0.356 e. The van der Waals surface area contributed by atoms with Crippen molar-refractivity contribution in [2.75, 3.05) is 11.7 Å². The van der Waals surface area contributed by atoms with E-state index >= 15 is 0 Å². The number of ether oxygens (including phenoxy) is 1. The van der Waals surface area contributed by atoms with Gasteiger partial charge in [0, 0.05) is 12.3 Å². The summed E-state index contributed by atoms with van der Waals surface area (Å²) in [7, 11) is -3.42. The molecule has 2 heterocycles. The van der Waals surface area contributed by atoms with Crippen LogP contribution in [0.5, 0.6) is 5.88 Å². The van der Waals surface area contributed by atoms with E-state index in [0.29, 0.717) is 12.1 Å². The second kappa shape index (κ2) is 10.5. The molecule has 0 aliphatic carbocycles. The summed E-state index contributed by atoms with van der Waals surface area (Å²) in [6, 6.07) is 0. The molecule has 31 heavy (non-hydrogen) atoms. The molecule has 174 valence electrons. The lowest BCUT2D eigenvalue weighted by Crippen LogP contribution is -2.21. The van der Waals surface area contributed by atoms with Crippen LogP contribution in [0.2, 0.25) is 0 Å². The standard InChI is InChI=1S/C19H32N5O6P/c1-11(2)17(25)21-19-22-18(26)16-20-9-15(24(16)23-19)8-14(7)28-10-31(27,29-12(3)4)30-13(5)6/h9,11-14H,8,10H2,1-7H3,(H2,21,22,23,25,26). The highest BCUT2D eigenvalue weighted by atomic mass is 31.2. The molecule has 0 aliphatic rings. The number of aromatic nitrogens is 4. The number of anilines is 1. The Kier molecular flexibility index (Phi) is 8.53. The number of hydrogen-bond acceptors (Lipinski definition) is 9. The molecule has 1 atom stereocenters. The molecule has 0 aliphatic heterocycles. The molecule has 11 nitrogen and oxygen atoms in total. The number of aromatic hydroxyl groups is 1. The van der Waals surface area contributed by atoms with Gasteiger partial charge in [0.2, 0.25) is 11.6 Å². The van der Waals surface area contributed by atoms with Gasteiger partial charge in [-0.2, -0.15) is 4.98 Å². The molecule has 0 radical (unpaired) electrons. The second-order valence-corrected chi connectivity index (χ2v) is 10.0. The molecule has 2 N–H and O–H groups in total. The summed E-state index contributed by atoms with van der Waals surface area (Å²) in [6.45, 7) is 12.4. The van der Waals surface area contributed by atoms with Crippen molar-refractivity contribution in [2.45, 2.75) is 73.2 Å². The van der Waals surface area contributed by atoms with Crippen LogP contribution >= 0.6 is 7.60 Å². The lowest BCUT2D eigenvalue weighted by atomic mass is 10.2. The van der Waals surface area contributed by atoms with Gasteiger partial charge < -0.3 is 18.9 Å². The average molecular weight is 457 g/mol. The van der Waals surface area contributed by atoms with Crippen molar-refractivity contribution in [2.24, 2.45) is 5.92 Å². The van der Waals surface area contributed by atoms with Gasteiger partial charge in [-0.05, 0) is 34.6 Å². The summed E-state index contributed by atoms with van der Waals surface area (Å²) in [6.07, 6.45) is 0.746. The summed E-state index contributed by atoms with van der Waals surface area (Å²) in [4.78, 5) is 19.9. The minimum absolute atomic E-state index is 0.0308. The number of hydrogen-bond donors (Lipinski definition) is 2. The number of carbonyl (C=O) groups is 1. The Morgan fingerprint density at radius 3 is 2.32 bits per heavy atom. The Hall–Kier alpha value is -2.07. The Balaban J connectivity index is 2.14. The van der Waals surface area contributed by atoms with Gasteiger partial charge in [-0.3, -0.25) is 14.7 Å². The largest absolute Gasteiger partial charge is 0.491 e. The van der Waals surface area contributed by atoms with Crippen LogP contribution in [0.25, 0.3) is 5.65 Å². The predicted octanol–water partition coefficient (Wildman–Crippen LogP) is 3.37. The molecular weight excluding hydrogens is 425 g/mol. The number of nitrogens with one attached hydrogen (secondary N) is 1. The van der Waals surface area contributed by atoms with E-state index in [1.54, 1.807) is 48.5 Å². The number of imidazole rings is 1. The van der Waals surface area contributed by atoms with Crippen molar-refractivity contribution >= 4 is 25.1 Å². The first-order valence-electron chi connectivity index (χ1n) is 10.2. The number of nitrogens with zero attached hydrogens (tertiary/aromatic N) is 4. The van der Waals surface area contributed by atoms with Gasteiger partial charge in [0.05, 0.1) is 30.2 Å². The third-order valence-electron chi connectivity index (χ3n) is 3.93.